The number of carbonyl (C=O) groups is 1. The van der Waals surface area contributed by atoms with Gasteiger partial charge in [0.05, 0.1) is 22.6 Å². The molecule has 7 heteroatoms. The minimum atomic E-state index is -0.147. The second-order valence-corrected chi connectivity index (χ2v) is 8.15. The minimum absolute atomic E-state index is 0.0207. The smallest absolute Gasteiger partial charge is 0.258 e. The number of fused-ring (bicyclic) bond motifs is 1. The molecule has 1 saturated carbocycles. The molecule has 1 aliphatic rings. The van der Waals surface area contributed by atoms with E-state index in [0.717, 1.165) is 25.7 Å². The molecule has 0 spiro atoms. The lowest BCUT2D eigenvalue weighted by molar-refractivity contribution is -0.122. The first kappa shape index (κ1) is 21.6. The average Bonchev–Trinajstić information content (AvgIpc) is 2.81. The highest BCUT2D eigenvalue weighted by molar-refractivity contribution is 5.77. The largest absolute Gasteiger partial charge is 0.489 e. The zero-order valence-corrected chi connectivity index (χ0v) is 17.8. The summed E-state index contributed by atoms with van der Waals surface area (Å²) in [4.78, 5) is 31.8. The van der Waals surface area contributed by atoms with Crippen LogP contribution in [0, 0.1) is 11.3 Å². The lowest BCUT2D eigenvalue weighted by Gasteiger charge is -2.29. The lowest BCUT2D eigenvalue weighted by Crippen LogP contribution is -2.39. The Morgan fingerprint density at radius 1 is 1.12 bits per heavy atom. The van der Waals surface area contributed by atoms with Crippen LogP contribution in [0.15, 0.2) is 53.3 Å². The first-order valence-electron chi connectivity index (χ1n) is 11.1. The number of hydrogen-bond acceptors (Lipinski definition) is 5. The Balaban J connectivity index is 1.20. The van der Waals surface area contributed by atoms with E-state index in [9.17, 15) is 14.9 Å². The zero-order chi connectivity index (χ0) is 22.3. The molecule has 4 rings (SSSR count). The Morgan fingerprint density at radius 2 is 1.88 bits per heavy atom. The molecule has 1 amide bonds. The number of para-hydroxylation sites is 2. The van der Waals surface area contributed by atoms with Gasteiger partial charge in [0.1, 0.15) is 17.6 Å². The van der Waals surface area contributed by atoms with E-state index in [-0.39, 0.29) is 23.6 Å². The van der Waals surface area contributed by atoms with Crippen molar-refractivity contribution in [2.75, 3.05) is 0 Å². The highest BCUT2D eigenvalue weighted by Crippen LogP contribution is 2.26. The zero-order valence-electron chi connectivity index (χ0n) is 17.8. The summed E-state index contributed by atoms with van der Waals surface area (Å²) in [5, 5.41) is 12.9. The summed E-state index contributed by atoms with van der Waals surface area (Å²) in [5.41, 5.74) is 1.07. The third-order valence-electron chi connectivity index (χ3n) is 5.82. The van der Waals surface area contributed by atoms with Gasteiger partial charge in [0, 0.05) is 18.9 Å². The number of aromatic nitrogens is 2. The van der Waals surface area contributed by atoms with Crippen molar-refractivity contribution in [2.24, 2.45) is 0 Å². The molecule has 0 saturated heterocycles. The number of hydrogen-bond donors (Lipinski definition) is 2. The standard InChI is InChI=1S/C25H26N4O3/c26-16-17-6-1-4-9-22(17)32-19-14-12-18(13-15-19)27-24(30)11-5-10-23-28-21-8-3-2-7-20(21)25(31)29-23/h1-4,6-9,18-19H,5,10-15H2,(H,27,30)(H,28,29,31). The van der Waals surface area contributed by atoms with Gasteiger partial charge in [-0.3, -0.25) is 9.59 Å². The summed E-state index contributed by atoms with van der Waals surface area (Å²) in [5.74, 6) is 1.26. The van der Waals surface area contributed by atoms with E-state index < -0.39 is 0 Å². The average molecular weight is 431 g/mol. The van der Waals surface area contributed by atoms with Crippen LogP contribution < -0.4 is 15.6 Å². The third-order valence-corrected chi connectivity index (χ3v) is 5.82. The Labute approximate surface area is 186 Å². The van der Waals surface area contributed by atoms with Crippen LogP contribution in [0.5, 0.6) is 5.75 Å². The fourth-order valence-corrected chi connectivity index (χ4v) is 4.14. The molecule has 0 atom stereocenters. The van der Waals surface area contributed by atoms with Crippen LogP contribution in [0.25, 0.3) is 10.9 Å². The summed E-state index contributed by atoms with van der Waals surface area (Å²) in [6, 6.07) is 16.8. The van der Waals surface area contributed by atoms with Crippen LogP contribution in [-0.4, -0.2) is 28.0 Å². The number of ether oxygens (including phenoxy) is 1. The number of rotatable bonds is 7. The number of nitrogens with one attached hydrogen (secondary N) is 2. The number of amides is 1. The van der Waals surface area contributed by atoms with Crippen LogP contribution in [0.2, 0.25) is 0 Å². The third kappa shape index (κ3) is 5.33. The van der Waals surface area contributed by atoms with Crippen molar-refractivity contribution in [3.8, 4) is 11.8 Å². The summed E-state index contributed by atoms with van der Waals surface area (Å²) >= 11 is 0. The highest BCUT2D eigenvalue weighted by Gasteiger charge is 2.24. The highest BCUT2D eigenvalue weighted by atomic mass is 16.5. The van der Waals surface area contributed by atoms with E-state index in [1.54, 1.807) is 12.1 Å². The predicted octanol–water partition coefficient (Wildman–Crippen LogP) is 3.62. The summed E-state index contributed by atoms with van der Waals surface area (Å²) in [6.45, 7) is 0. The molecular formula is C25H26N4O3. The topological polar surface area (TPSA) is 108 Å². The molecule has 0 aliphatic heterocycles. The van der Waals surface area contributed by atoms with Crippen molar-refractivity contribution in [3.05, 3.63) is 70.3 Å². The second kappa shape index (κ2) is 10.1. The summed E-state index contributed by atoms with van der Waals surface area (Å²) < 4.78 is 6.01. The number of H-pyrrole nitrogens is 1. The van der Waals surface area contributed by atoms with E-state index in [4.69, 9.17) is 4.74 Å². The van der Waals surface area contributed by atoms with Crippen LogP contribution in [-0.2, 0) is 11.2 Å². The number of nitriles is 1. The van der Waals surface area contributed by atoms with Crippen LogP contribution in [0.3, 0.4) is 0 Å². The fourth-order valence-electron chi connectivity index (χ4n) is 4.14. The number of benzene rings is 2. The maximum Gasteiger partial charge on any atom is 0.258 e. The first-order valence-corrected chi connectivity index (χ1v) is 11.1. The molecule has 1 aromatic heterocycles. The van der Waals surface area contributed by atoms with Crippen molar-refractivity contribution in [2.45, 2.75) is 57.1 Å². The van der Waals surface area contributed by atoms with E-state index in [2.05, 4.69) is 21.4 Å². The van der Waals surface area contributed by atoms with Gasteiger partial charge in [0.25, 0.3) is 5.56 Å². The maximum absolute atomic E-state index is 12.4. The number of nitrogens with zero attached hydrogens (tertiary/aromatic N) is 2. The van der Waals surface area contributed by atoms with Gasteiger partial charge < -0.3 is 15.0 Å². The van der Waals surface area contributed by atoms with Gasteiger partial charge in [-0.25, -0.2) is 4.98 Å². The molecule has 7 nitrogen and oxygen atoms in total. The van der Waals surface area contributed by atoms with Crippen molar-refractivity contribution >= 4 is 16.8 Å². The molecule has 1 aliphatic carbocycles. The molecular weight excluding hydrogens is 404 g/mol. The summed E-state index contributed by atoms with van der Waals surface area (Å²) in [7, 11) is 0. The van der Waals surface area contributed by atoms with Crippen molar-refractivity contribution in [3.63, 3.8) is 0 Å². The molecule has 164 valence electrons. The van der Waals surface area contributed by atoms with E-state index in [1.807, 2.05) is 36.4 Å². The van der Waals surface area contributed by atoms with Crippen LogP contribution in [0.1, 0.15) is 49.9 Å². The molecule has 1 heterocycles. The van der Waals surface area contributed by atoms with Gasteiger partial charge in [-0.2, -0.15) is 5.26 Å². The van der Waals surface area contributed by atoms with Gasteiger partial charge in [-0.15, -0.1) is 0 Å². The van der Waals surface area contributed by atoms with Crippen molar-refractivity contribution in [1.29, 1.82) is 5.26 Å². The fraction of sp³-hybridized carbons (Fsp3) is 0.360. The van der Waals surface area contributed by atoms with Gasteiger partial charge in [0.15, 0.2) is 0 Å². The molecule has 3 aromatic rings. The Bertz CT molecular complexity index is 1190. The van der Waals surface area contributed by atoms with Crippen molar-refractivity contribution < 1.29 is 9.53 Å². The summed E-state index contributed by atoms with van der Waals surface area (Å²) in [6.07, 6.45) is 5.01. The minimum Gasteiger partial charge on any atom is -0.489 e. The lowest BCUT2D eigenvalue weighted by atomic mass is 9.92. The van der Waals surface area contributed by atoms with Crippen LogP contribution >= 0.6 is 0 Å². The second-order valence-electron chi connectivity index (χ2n) is 8.15. The Morgan fingerprint density at radius 3 is 2.69 bits per heavy atom. The molecule has 0 unspecified atom stereocenters. The van der Waals surface area contributed by atoms with Gasteiger partial charge >= 0.3 is 0 Å². The molecule has 0 radical (unpaired) electrons. The van der Waals surface area contributed by atoms with Gasteiger partial charge in [-0.05, 0) is 56.4 Å². The quantitative estimate of drug-likeness (QED) is 0.595. The molecule has 0 bridgehead atoms. The van der Waals surface area contributed by atoms with E-state index >= 15 is 0 Å². The Kier molecular flexibility index (Phi) is 6.81. The van der Waals surface area contributed by atoms with Gasteiger partial charge in [0.2, 0.25) is 5.91 Å². The van der Waals surface area contributed by atoms with E-state index in [0.29, 0.717) is 47.3 Å². The monoisotopic (exact) mass is 430 g/mol. The molecule has 2 aromatic carbocycles. The normalized spacial score (nSPS) is 18.1. The van der Waals surface area contributed by atoms with Gasteiger partial charge in [-0.1, -0.05) is 24.3 Å². The van der Waals surface area contributed by atoms with E-state index in [1.165, 1.54) is 0 Å². The number of aromatic amines is 1. The number of carbonyl (C=O) groups excluding carboxylic acids is 1. The van der Waals surface area contributed by atoms with Crippen molar-refractivity contribution in [1.82, 2.24) is 15.3 Å². The first-order chi connectivity index (χ1) is 15.6. The Hall–Kier alpha value is -3.66. The molecule has 1 fully saturated rings. The SMILES string of the molecule is N#Cc1ccccc1OC1CCC(NC(=O)CCCc2nc3ccccc3c(=O)[nH]2)CC1. The molecule has 32 heavy (non-hydrogen) atoms. The maximum atomic E-state index is 12.4. The van der Waals surface area contributed by atoms with Crippen LogP contribution in [0.4, 0.5) is 0 Å². The predicted molar refractivity (Wildman–Crippen MR) is 121 cm³/mol. The number of aryl methyl sites for hydroxylation is 1. The molecule has 2 N–H and O–H groups in total.